The second-order valence-corrected chi connectivity index (χ2v) is 4.59. The topological polar surface area (TPSA) is 81.4 Å². The van der Waals surface area contributed by atoms with Gasteiger partial charge in [-0.25, -0.2) is 4.79 Å². The molecule has 0 spiro atoms. The number of benzene rings is 2. The summed E-state index contributed by atoms with van der Waals surface area (Å²) in [6.07, 6.45) is 0. The largest absolute Gasteiger partial charge is 0.465 e. The van der Waals surface area contributed by atoms with Crippen LogP contribution in [0.2, 0.25) is 0 Å². The molecule has 0 fully saturated rings. The molecule has 2 aromatic carbocycles. The van der Waals surface area contributed by atoms with Crippen LogP contribution in [-0.4, -0.2) is 19.0 Å². The van der Waals surface area contributed by atoms with Crippen molar-refractivity contribution in [3.63, 3.8) is 0 Å². The minimum atomic E-state index is -0.537. The Labute approximate surface area is 128 Å². The molecule has 0 saturated carbocycles. The zero-order chi connectivity index (χ0) is 16.1. The zero-order valence-corrected chi connectivity index (χ0v) is 12.1. The summed E-state index contributed by atoms with van der Waals surface area (Å²) in [6, 6.07) is 13.6. The molecule has 112 valence electrons. The Hall–Kier alpha value is -3.08. The van der Waals surface area contributed by atoms with Gasteiger partial charge < -0.3 is 15.8 Å². The van der Waals surface area contributed by atoms with Gasteiger partial charge in [0.05, 0.1) is 24.1 Å². The first-order chi connectivity index (χ1) is 10.5. The molecule has 1 amide bonds. The van der Waals surface area contributed by atoms with E-state index in [0.717, 1.165) is 0 Å². The van der Waals surface area contributed by atoms with E-state index >= 15 is 0 Å². The van der Waals surface area contributed by atoms with Crippen LogP contribution >= 0.6 is 0 Å². The molecule has 22 heavy (non-hydrogen) atoms. The number of hydrogen-bond donors (Lipinski definition) is 2. The molecule has 5 nitrogen and oxygen atoms in total. The van der Waals surface area contributed by atoms with Gasteiger partial charge in [-0.05, 0) is 29.8 Å². The van der Waals surface area contributed by atoms with Gasteiger partial charge in [-0.2, -0.15) is 0 Å². The number of carbonyl (C=O) groups is 2. The summed E-state index contributed by atoms with van der Waals surface area (Å²) in [6.45, 7) is 3.67. The number of esters is 1. The van der Waals surface area contributed by atoms with E-state index in [1.165, 1.54) is 7.11 Å². The molecular formula is C17H16N2O3. The first-order valence-electron chi connectivity index (χ1n) is 6.56. The zero-order valence-electron chi connectivity index (χ0n) is 12.1. The van der Waals surface area contributed by atoms with Crippen molar-refractivity contribution in [2.75, 3.05) is 18.2 Å². The van der Waals surface area contributed by atoms with E-state index in [1.807, 2.05) is 0 Å². The summed E-state index contributed by atoms with van der Waals surface area (Å²) in [5.41, 5.74) is 7.92. The van der Waals surface area contributed by atoms with E-state index in [1.54, 1.807) is 48.5 Å². The molecule has 0 unspecified atom stereocenters. The Bertz CT molecular complexity index is 738. The van der Waals surface area contributed by atoms with Crippen LogP contribution in [0.5, 0.6) is 0 Å². The Morgan fingerprint density at radius 3 is 2.45 bits per heavy atom. The third kappa shape index (κ3) is 3.32. The highest BCUT2D eigenvalue weighted by Gasteiger charge is 2.13. The molecule has 0 bridgehead atoms. The van der Waals surface area contributed by atoms with Gasteiger partial charge in [-0.15, -0.1) is 0 Å². The predicted molar refractivity (Wildman–Crippen MR) is 86.3 cm³/mol. The van der Waals surface area contributed by atoms with Crippen LogP contribution in [0.25, 0.3) is 5.57 Å². The second kappa shape index (κ2) is 6.58. The number of rotatable bonds is 4. The van der Waals surface area contributed by atoms with Crippen molar-refractivity contribution in [2.45, 2.75) is 0 Å². The molecule has 5 heteroatoms. The van der Waals surface area contributed by atoms with Crippen molar-refractivity contribution in [1.29, 1.82) is 0 Å². The van der Waals surface area contributed by atoms with E-state index < -0.39 is 5.97 Å². The lowest BCUT2D eigenvalue weighted by atomic mass is 10.0. The quantitative estimate of drug-likeness (QED) is 0.516. The van der Waals surface area contributed by atoms with Crippen LogP contribution in [0, 0.1) is 0 Å². The molecule has 0 aliphatic rings. The molecule has 2 aromatic rings. The van der Waals surface area contributed by atoms with Crippen LogP contribution in [0.4, 0.5) is 11.4 Å². The molecule has 0 atom stereocenters. The average molecular weight is 296 g/mol. The molecule has 0 saturated heterocycles. The smallest absolute Gasteiger partial charge is 0.337 e. The molecule has 0 radical (unpaired) electrons. The predicted octanol–water partition coefficient (Wildman–Crippen LogP) is 2.71. The van der Waals surface area contributed by atoms with E-state index in [9.17, 15) is 9.59 Å². The normalized spacial score (nSPS) is 9.86. The number of nitrogens with two attached hydrogens (primary N) is 1. The molecule has 0 aliphatic carbocycles. The van der Waals surface area contributed by atoms with Crippen molar-refractivity contribution in [2.24, 2.45) is 0 Å². The SMILES string of the molecule is C=C(C(=O)OC)c1cccc(C(=O)Nc2ccccc2N)c1. The highest BCUT2D eigenvalue weighted by Crippen LogP contribution is 2.20. The van der Waals surface area contributed by atoms with Crippen molar-refractivity contribution in [3.8, 4) is 0 Å². The van der Waals surface area contributed by atoms with Gasteiger partial charge in [0.15, 0.2) is 0 Å². The van der Waals surface area contributed by atoms with Crippen molar-refractivity contribution in [3.05, 3.63) is 66.2 Å². The average Bonchev–Trinajstić information content (AvgIpc) is 2.55. The number of nitrogen functional groups attached to an aromatic ring is 1. The van der Waals surface area contributed by atoms with Crippen LogP contribution in [-0.2, 0) is 9.53 Å². The fraction of sp³-hybridized carbons (Fsp3) is 0.0588. The van der Waals surface area contributed by atoms with E-state index in [-0.39, 0.29) is 11.5 Å². The van der Waals surface area contributed by atoms with Gasteiger partial charge in [-0.3, -0.25) is 4.79 Å². The van der Waals surface area contributed by atoms with E-state index in [2.05, 4.69) is 16.6 Å². The van der Waals surface area contributed by atoms with Crippen LogP contribution in [0.1, 0.15) is 15.9 Å². The fourth-order valence-electron chi connectivity index (χ4n) is 1.89. The summed E-state index contributed by atoms with van der Waals surface area (Å²) in [5.74, 6) is -0.859. The Morgan fingerprint density at radius 2 is 1.77 bits per heavy atom. The van der Waals surface area contributed by atoms with Gasteiger partial charge in [-0.1, -0.05) is 30.8 Å². The maximum atomic E-state index is 12.3. The van der Waals surface area contributed by atoms with E-state index in [4.69, 9.17) is 5.73 Å². The van der Waals surface area contributed by atoms with Gasteiger partial charge in [0.2, 0.25) is 0 Å². The molecule has 0 heterocycles. The lowest BCUT2D eigenvalue weighted by molar-refractivity contribution is -0.133. The third-order valence-corrected chi connectivity index (χ3v) is 3.11. The fourth-order valence-corrected chi connectivity index (χ4v) is 1.89. The van der Waals surface area contributed by atoms with Crippen molar-refractivity contribution < 1.29 is 14.3 Å². The standard InChI is InChI=1S/C17H16N2O3/c1-11(17(21)22-2)12-6-5-7-13(10-12)16(20)19-15-9-4-3-8-14(15)18/h3-10H,1,18H2,2H3,(H,19,20). The first-order valence-corrected chi connectivity index (χ1v) is 6.56. The van der Waals surface area contributed by atoms with Gasteiger partial charge in [0, 0.05) is 5.56 Å². The number of anilines is 2. The number of ether oxygens (including phenoxy) is 1. The summed E-state index contributed by atoms with van der Waals surface area (Å²) >= 11 is 0. The number of methoxy groups -OCH3 is 1. The van der Waals surface area contributed by atoms with Gasteiger partial charge >= 0.3 is 5.97 Å². The summed E-state index contributed by atoms with van der Waals surface area (Å²) in [7, 11) is 1.28. The van der Waals surface area contributed by atoms with Crippen molar-refractivity contribution in [1.82, 2.24) is 0 Å². The van der Waals surface area contributed by atoms with Crippen LogP contribution < -0.4 is 11.1 Å². The summed E-state index contributed by atoms with van der Waals surface area (Å²) in [4.78, 5) is 23.8. The minimum absolute atomic E-state index is 0.191. The summed E-state index contributed by atoms with van der Waals surface area (Å²) in [5, 5.41) is 2.73. The van der Waals surface area contributed by atoms with Gasteiger partial charge in [0.25, 0.3) is 5.91 Å². The highest BCUT2D eigenvalue weighted by atomic mass is 16.5. The first kappa shape index (κ1) is 15.3. The van der Waals surface area contributed by atoms with Crippen molar-refractivity contribution >= 4 is 28.8 Å². The van der Waals surface area contributed by atoms with E-state index in [0.29, 0.717) is 22.5 Å². The third-order valence-electron chi connectivity index (χ3n) is 3.11. The number of hydrogen-bond acceptors (Lipinski definition) is 4. The molecule has 0 aliphatic heterocycles. The second-order valence-electron chi connectivity index (χ2n) is 4.59. The lowest BCUT2D eigenvalue weighted by Crippen LogP contribution is -2.13. The number of carbonyl (C=O) groups excluding carboxylic acids is 2. The number of para-hydroxylation sites is 2. The van der Waals surface area contributed by atoms with Gasteiger partial charge in [0.1, 0.15) is 0 Å². The molecule has 0 aromatic heterocycles. The molecule has 3 N–H and O–H groups in total. The Morgan fingerprint density at radius 1 is 1.09 bits per heavy atom. The maximum Gasteiger partial charge on any atom is 0.337 e. The molecule has 2 rings (SSSR count). The maximum absolute atomic E-state index is 12.3. The minimum Gasteiger partial charge on any atom is -0.465 e. The number of nitrogens with one attached hydrogen (secondary N) is 1. The summed E-state index contributed by atoms with van der Waals surface area (Å²) < 4.78 is 4.62. The lowest BCUT2D eigenvalue weighted by Gasteiger charge is -2.09. The monoisotopic (exact) mass is 296 g/mol. The Kier molecular flexibility index (Phi) is 4.58. The highest BCUT2D eigenvalue weighted by molar-refractivity contribution is 6.16. The van der Waals surface area contributed by atoms with Crippen LogP contribution in [0.3, 0.4) is 0 Å². The molecular weight excluding hydrogens is 280 g/mol. The van der Waals surface area contributed by atoms with Crippen LogP contribution in [0.15, 0.2) is 55.1 Å². The number of amides is 1. The Balaban J connectivity index is 2.22.